The van der Waals surface area contributed by atoms with Crippen molar-refractivity contribution in [1.29, 1.82) is 0 Å². The largest absolute Gasteiger partial charge is 0.353 e. The maximum atomic E-state index is 5.70. The molecule has 2 nitrogen and oxygen atoms in total. The molecule has 2 aliphatic rings. The Labute approximate surface area is 88.1 Å². The number of rotatable bonds is 4. The molecule has 1 saturated carbocycles. The molecule has 3 atom stereocenters. The third-order valence-corrected chi connectivity index (χ3v) is 3.73. The zero-order valence-electron chi connectivity index (χ0n) is 7.88. The minimum atomic E-state index is 0.102. The van der Waals surface area contributed by atoms with Crippen molar-refractivity contribution in [2.75, 3.05) is 18.5 Å². The Balaban J connectivity index is 1.57. The summed E-state index contributed by atoms with van der Waals surface area (Å²) in [7, 11) is 0. The quantitative estimate of drug-likeness (QED) is 0.713. The van der Waals surface area contributed by atoms with Gasteiger partial charge in [0.1, 0.15) is 0 Å². The molecule has 3 heteroatoms. The van der Waals surface area contributed by atoms with Gasteiger partial charge in [-0.1, -0.05) is 15.9 Å². The summed E-state index contributed by atoms with van der Waals surface area (Å²) in [6.45, 7) is 1.79. The molecule has 0 aromatic heterocycles. The summed E-state index contributed by atoms with van der Waals surface area (Å²) in [6.07, 6.45) is 4.99. The van der Waals surface area contributed by atoms with Gasteiger partial charge in [-0.3, -0.25) is 0 Å². The number of hydrogen-bond acceptors (Lipinski definition) is 2. The van der Waals surface area contributed by atoms with Gasteiger partial charge in [0.05, 0.1) is 6.61 Å². The maximum absolute atomic E-state index is 5.70. The van der Waals surface area contributed by atoms with Crippen molar-refractivity contribution in [3.05, 3.63) is 0 Å². The predicted octanol–water partition coefficient (Wildman–Crippen LogP) is 2.56. The van der Waals surface area contributed by atoms with Crippen molar-refractivity contribution in [2.24, 2.45) is 11.8 Å². The highest BCUT2D eigenvalue weighted by molar-refractivity contribution is 9.09. The van der Waals surface area contributed by atoms with Crippen LogP contribution in [0.15, 0.2) is 0 Å². The summed E-state index contributed by atoms with van der Waals surface area (Å²) in [6, 6.07) is 0. The van der Waals surface area contributed by atoms with Gasteiger partial charge >= 0.3 is 0 Å². The molecule has 3 unspecified atom stereocenters. The molecule has 0 aromatic carbocycles. The Kier molecular flexibility index (Phi) is 3.64. The Morgan fingerprint density at radius 2 is 2.23 bits per heavy atom. The van der Waals surface area contributed by atoms with Crippen LogP contribution in [0.1, 0.15) is 25.7 Å². The molecule has 13 heavy (non-hydrogen) atoms. The van der Waals surface area contributed by atoms with E-state index in [1.165, 1.54) is 19.3 Å². The van der Waals surface area contributed by atoms with Crippen LogP contribution >= 0.6 is 15.9 Å². The molecule has 0 aromatic rings. The highest BCUT2D eigenvalue weighted by atomic mass is 79.9. The summed E-state index contributed by atoms with van der Waals surface area (Å²) in [4.78, 5) is 0. The van der Waals surface area contributed by atoms with Crippen LogP contribution < -0.4 is 0 Å². The summed E-state index contributed by atoms with van der Waals surface area (Å²) < 4.78 is 11.2. The van der Waals surface area contributed by atoms with E-state index < -0.39 is 0 Å². The number of hydrogen-bond donors (Lipinski definition) is 0. The lowest BCUT2D eigenvalue weighted by Gasteiger charge is -2.22. The zero-order chi connectivity index (χ0) is 9.10. The SMILES string of the molecule is BrCC1CC1COC1CCCCO1. The average molecular weight is 249 g/mol. The summed E-state index contributed by atoms with van der Waals surface area (Å²) in [5.74, 6) is 1.66. The lowest BCUT2D eigenvalue weighted by Crippen LogP contribution is -2.23. The summed E-state index contributed by atoms with van der Waals surface area (Å²) in [5.41, 5.74) is 0. The smallest absolute Gasteiger partial charge is 0.157 e. The third kappa shape index (κ3) is 2.93. The minimum absolute atomic E-state index is 0.102. The first-order valence-corrected chi connectivity index (χ1v) is 6.31. The predicted molar refractivity (Wildman–Crippen MR) is 54.9 cm³/mol. The lowest BCUT2D eigenvalue weighted by molar-refractivity contribution is -0.165. The second kappa shape index (κ2) is 4.76. The molecule has 0 radical (unpaired) electrons. The lowest BCUT2D eigenvalue weighted by atomic mass is 10.2. The van der Waals surface area contributed by atoms with Crippen molar-refractivity contribution in [3.63, 3.8) is 0 Å². The van der Waals surface area contributed by atoms with E-state index >= 15 is 0 Å². The normalized spacial score (nSPS) is 39.0. The van der Waals surface area contributed by atoms with Crippen LogP contribution in [0.25, 0.3) is 0 Å². The summed E-state index contributed by atoms with van der Waals surface area (Å²) >= 11 is 3.50. The molecule has 0 amide bonds. The van der Waals surface area contributed by atoms with Gasteiger partial charge < -0.3 is 9.47 Å². The van der Waals surface area contributed by atoms with Gasteiger partial charge in [-0.15, -0.1) is 0 Å². The topological polar surface area (TPSA) is 18.5 Å². The first-order valence-electron chi connectivity index (χ1n) is 5.19. The van der Waals surface area contributed by atoms with E-state index in [1.807, 2.05) is 0 Å². The fourth-order valence-electron chi connectivity index (χ4n) is 1.78. The van der Waals surface area contributed by atoms with Crippen LogP contribution in [0.4, 0.5) is 0 Å². The van der Waals surface area contributed by atoms with Gasteiger partial charge in [0.15, 0.2) is 6.29 Å². The molecule has 76 valence electrons. The van der Waals surface area contributed by atoms with Gasteiger partial charge in [0.2, 0.25) is 0 Å². The first kappa shape index (κ1) is 9.94. The fourth-order valence-corrected chi connectivity index (χ4v) is 2.57. The van der Waals surface area contributed by atoms with E-state index in [4.69, 9.17) is 9.47 Å². The van der Waals surface area contributed by atoms with Gasteiger partial charge in [0, 0.05) is 11.9 Å². The second-order valence-electron chi connectivity index (χ2n) is 4.04. The zero-order valence-corrected chi connectivity index (χ0v) is 9.46. The second-order valence-corrected chi connectivity index (χ2v) is 4.69. The van der Waals surface area contributed by atoms with E-state index in [2.05, 4.69) is 15.9 Å². The monoisotopic (exact) mass is 248 g/mol. The van der Waals surface area contributed by atoms with Crippen molar-refractivity contribution in [1.82, 2.24) is 0 Å². The molecule has 0 spiro atoms. The number of halogens is 1. The van der Waals surface area contributed by atoms with Crippen molar-refractivity contribution < 1.29 is 9.47 Å². The highest BCUT2D eigenvalue weighted by Gasteiger charge is 2.36. The average Bonchev–Trinajstić information content (AvgIpc) is 2.95. The molecule has 0 N–H and O–H groups in total. The Bertz CT molecular complexity index is 157. The standard InChI is InChI=1S/C10H17BrO2/c11-6-8-5-9(8)7-13-10-3-1-2-4-12-10/h8-10H,1-7H2. The third-order valence-electron chi connectivity index (χ3n) is 2.90. The van der Waals surface area contributed by atoms with Gasteiger partial charge in [-0.25, -0.2) is 0 Å². The van der Waals surface area contributed by atoms with E-state index in [-0.39, 0.29) is 6.29 Å². The molecule has 1 heterocycles. The molecule has 1 saturated heterocycles. The van der Waals surface area contributed by atoms with E-state index in [0.29, 0.717) is 0 Å². The van der Waals surface area contributed by atoms with E-state index in [9.17, 15) is 0 Å². The number of ether oxygens (including phenoxy) is 2. The van der Waals surface area contributed by atoms with E-state index in [1.54, 1.807) is 0 Å². The van der Waals surface area contributed by atoms with Crippen LogP contribution in [0.2, 0.25) is 0 Å². The van der Waals surface area contributed by atoms with Crippen molar-refractivity contribution in [2.45, 2.75) is 32.0 Å². The van der Waals surface area contributed by atoms with Gasteiger partial charge in [-0.2, -0.15) is 0 Å². The first-order chi connectivity index (χ1) is 6.40. The van der Waals surface area contributed by atoms with Crippen LogP contribution in [-0.4, -0.2) is 24.8 Å². The van der Waals surface area contributed by atoms with Crippen LogP contribution in [-0.2, 0) is 9.47 Å². The van der Waals surface area contributed by atoms with Crippen LogP contribution in [0, 0.1) is 11.8 Å². The van der Waals surface area contributed by atoms with E-state index in [0.717, 1.165) is 36.8 Å². The minimum Gasteiger partial charge on any atom is -0.353 e. The van der Waals surface area contributed by atoms with Crippen molar-refractivity contribution >= 4 is 15.9 Å². The Morgan fingerprint density at radius 3 is 2.85 bits per heavy atom. The highest BCUT2D eigenvalue weighted by Crippen LogP contribution is 2.40. The molecule has 1 aliphatic carbocycles. The molecule has 2 fully saturated rings. The fraction of sp³-hybridized carbons (Fsp3) is 1.00. The molecule has 0 bridgehead atoms. The van der Waals surface area contributed by atoms with Gasteiger partial charge in [-0.05, 0) is 37.5 Å². The number of alkyl halides is 1. The molecule has 1 aliphatic heterocycles. The maximum Gasteiger partial charge on any atom is 0.157 e. The molecule has 2 rings (SSSR count). The Morgan fingerprint density at radius 1 is 1.31 bits per heavy atom. The molecular weight excluding hydrogens is 232 g/mol. The summed E-state index contributed by atoms with van der Waals surface area (Å²) in [5, 5.41) is 1.13. The van der Waals surface area contributed by atoms with Crippen molar-refractivity contribution in [3.8, 4) is 0 Å². The van der Waals surface area contributed by atoms with Crippen LogP contribution in [0.3, 0.4) is 0 Å². The van der Waals surface area contributed by atoms with Gasteiger partial charge in [0.25, 0.3) is 0 Å². The Hall–Kier alpha value is 0.400. The molecular formula is C10H17BrO2. The van der Waals surface area contributed by atoms with Crippen LogP contribution in [0.5, 0.6) is 0 Å².